The van der Waals surface area contributed by atoms with Gasteiger partial charge >= 0.3 is 5.97 Å². The van der Waals surface area contributed by atoms with E-state index in [4.69, 9.17) is 9.98 Å². The maximum atomic E-state index is 12.6. The molecule has 7 heteroatoms. The Kier molecular flexibility index (Phi) is 8.48. The number of aliphatic imine (C=N–C) groups is 1. The van der Waals surface area contributed by atoms with Crippen LogP contribution in [0, 0.1) is 11.3 Å². The molecule has 210 valence electrons. The molecule has 1 fully saturated rings. The summed E-state index contributed by atoms with van der Waals surface area (Å²) in [5.41, 5.74) is 3.30. The second-order valence-electron chi connectivity index (χ2n) is 11.5. The molecule has 2 aliphatic rings. The zero-order valence-electron chi connectivity index (χ0n) is 23.6. The van der Waals surface area contributed by atoms with Crippen LogP contribution in [0.4, 0.5) is 0 Å². The molecule has 3 heterocycles. The number of aromatic hydroxyl groups is 1. The Morgan fingerprint density at radius 2 is 1.90 bits per heavy atom. The maximum absolute atomic E-state index is 12.6. The minimum Gasteiger partial charge on any atom is -0.508 e. The molecule has 3 aromatic rings. The van der Waals surface area contributed by atoms with Gasteiger partial charge in [-0.1, -0.05) is 44.4 Å². The molecule has 1 aliphatic carbocycles. The zero-order chi connectivity index (χ0) is 28.1. The molecule has 0 saturated heterocycles. The third kappa shape index (κ3) is 5.74. The Labute approximate surface area is 236 Å². The van der Waals surface area contributed by atoms with Crippen molar-refractivity contribution < 1.29 is 15.0 Å². The lowest BCUT2D eigenvalue weighted by Crippen LogP contribution is -2.42. The highest BCUT2D eigenvalue weighted by molar-refractivity contribution is 5.92. The number of pyridine rings is 1. The number of carbonyl (C=O) groups is 1. The van der Waals surface area contributed by atoms with Crippen molar-refractivity contribution >= 4 is 23.5 Å². The van der Waals surface area contributed by atoms with Crippen molar-refractivity contribution in [2.24, 2.45) is 16.3 Å². The van der Waals surface area contributed by atoms with Gasteiger partial charge in [0.15, 0.2) is 0 Å². The predicted molar refractivity (Wildman–Crippen MR) is 158 cm³/mol. The number of fused-ring (bicyclic) bond motifs is 1. The highest BCUT2D eigenvalue weighted by atomic mass is 16.4. The van der Waals surface area contributed by atoms with E-state index in [0.717, 1.165) is 79.2 Å². The highest BCUT2D eigenvalue weighted by Crippen LogP contribution is 2.46. The monoisotopic (exact) mass is 540 g/mol. The molecule has 2 aromatic heterocycles. The molecule has 40 heavy (non-hydrogen) atoms. The number of aliphatic carboxylic acids is 1. The first-order valence-corrected chi connectivity index (χ1v) is 14.7. The number of carboxylic acid groups (broad SMARTS) is 1. The molecule has 0 spiro atoms. The molecule has 1 aliphatic heterocycles. The normalized spacial score (nSPS) is 21.6. The minimum absolute atomic E-state index is 0.190. The molecule has 0 bridgehead atoms. The van der Waals surface area contributed by atoms with Gasteiger partial charge in [0.2, 0.25) is 0 Å². The molecule has 1 saturated carbocycles. The van der Waals surface area contributed by atoms with Crippen molar-refractivity contribution in [2.45, 2.75) is 84.0 Å². The standard InChI is InChI=1S/C33H40N4O3/c1-3-7-23(24-11-14-27(38)15-12-24)8-6-9-25-13-16-29-31(35-22-37(29)26-17-20-34-21-18-26)30(36-25)28-10-4-5-19-33(28,2)32(39)40/h11-12,14-18,20-23,28,38H,3-10,13,19H2,1-2H3,(H,39,40). The predicted octanol–water partition coefficient (Wildman–Crippen LogP) is 5.74. The minimum atomic E-state index is -0.866. The van der Waals surface area contributed by atoms with E-state index >= 15 is 0 Å². The van der Waals surface area contributed by atoms with Crippen molar-refractivity contribution in [1.82, 2.24) is 14.5 Å². The number of imidazole rings is 1. The lowest BCUT2D eigenvalue weighted by atomic mass is 9.66. The van der Waals surface area contributed by atoms with E-state index < -0.39 is 11.4 Å². The molecular weight excluding hydrogens is 500 g/mol. The third-order valence-electron chi connectivity index (χ3n) is 8.84. The summed E-state index contributed by atoms with van der Waals surface area (Å²) >= 11 is 0. The SMILES string of the molecule is CCCC(CCCC1=NC(C2CCCCC2(C)C(=O)O)=c2ncn(-c3ccncc3)c2=CC1)c1ccc(O)cc1. The van der Waals surface area contributed by atoms with Crippen molar-refractivity contribution in [2.75, 3.05) is 0 Å². The Bertz CT molecular complexity index is 1480. The summed E-state index contributed by atoms with van der Waals surface area (Å²) in [5.74, 6) is -0.204. The zero-order valence-corrected chi connectivity index (χ0v) is 23.6. The van der Waals surface area contributed by atoms with E-state index in [9.17, 15) is 15.0 Å². The fourth-order valence-electron chi connectivity index (χ4n) is 6.50. The van der Waals surface area contributed by atoms with Crippen molar-refractivity contribution in [3.05, 3.63) is 71.4 Å². The van der Waals surface area contributed by atoms with Crippen LogP contribution in [0.25, 0.3) is 17.5 Å². The van der Waals surface area contributed by atoms with E-state index in [1.54, 1.807) is 24.5 Å². The molecule has 3 unspecified atom stereocenters. The molecule has 0 radical (unpaired) electrons. The van der Waals surface area contributed by atoms with E-state index in [0.29, 0.717) is 24.5 Å². The van der Waals surface area contributed by atoms with Crippen LogP contribution in [0.1, 0.15) is 89.5 Å². The van der Waals surface area contributed by atoms with Gasteiger partial charge in [0, 0.05) is 30.4 Å². The van der Waals surface area contributed by atoms with Gasteiger partial charge in [-0.3, -0.25) is 19.3 Å². The Morgan fingerprint density at radius 1 is 1.12 bits per heavy atom. The summed E-state index contributed by atoms with van der Waals surface area (Å²) in [4.78, 5) is 26.9. The number of phenols is 1. The first-order valence-electron chi connectivity index (χ1n) is 14.7. The molecule has 3 atom stereocenters. The first-order chi connectivity index (χ1) is 19.4. The number of hydrogen-bond acceptors (Lipinski definition) is 5. The van der Waals surface area contributed by atoms with Gasteiger partial charge in [0.25, 0.3) is 0 Å². The van der Waals surface area contributed by atoms with Gasteiger partial charge in [0.1, 0.15) is 17.4 Å². The second kappa shape index (κ2) is 12.2. The van der Waals surface area contributed by atoms with E-state index in [2.05, 4.69) is 22.6 Å². The van der Waals surface area contributed by atoms with E-state index in [1.807, 2.05) is 37.5 Å². The number of benzene rings is 1. The Morgan fingerprint density at radius 3 is 2.62 bits per heavy atom. The number of phenolic OH excluding ortho intramolecular Hbond substituents is 1. The number of nitrogens with zero attached hydrogens (tertiary/aromatic N) is 4. The van der Waals surface area contributed by atoms with Crippen LogP contribution in [-0.4, -0.2) is 36.4 Å². The van der Waals surface area contributed by atoms with Crippen LogP contribution in [-0.2, 0) is 4.79 Å². The average Bonchev–Trinajstić information content (AvgIpc) is 3.30. The molecule has 2 N–H and O–H groups in total. The summed E-state index contributed by atoms with van der Waals surface area (Å²) in [6.45, 7) is 4.10. The highest BCUT2D eigenvalue weighted by Gasteiger charge is 2.45. The number of aromatic nitrogens is 3. The third-order valence-corrected chi connectivity index (χ3v) is 8.84. The second-order valence-corrected chi connectivity index (χ2v) is 11.5. The number of rotatable bonds is 10. The fourth-order valence-corrected chi connectivity index (χ4v) is 6.50. The average molecular weight is 541 g/mol. The molecule has 1 aromatic carbocycles. The summed E-state index contributed by atoms with van der Waals surface area (Å²) in [5, 5.41) is 21.8. The quantitative estimate of drug-likeness (QED) is 0.341. The van der Waals surface area contributed by atoms with Crippen molar-refractivity contribution in [3.63, 3.8) is 0 Å². The summed E-state index contributed by atoms with van der Waals surface area (Å²) in [6, 6.07) is 11.5. The molecular formula is C33H40N4O3. The topological polar surface area (TPSA) is 101 Å². The number of carboxylic acids is 1. The molecule has 5 rings (SSSR count). The number of hydrogen-bond donors (Lipinski definition) is 2. The van der Waals surface area contributed by atoms with Gasteiger partial charge in [-0.25, -0.2) is 4.98 Å². The van der Waals surface area contributed by atoms with Crippen LogP contribution in [0.3, 0.4) is 0 Å². The molecule has 0 amide bonds. The van der Waals surface area contributed by atoms with Crippen LogP contribution in [0.5, 0.6) is 5.75 Å². The van der Waals surface area contributed by atoms with Gasteiger partial charge in [-0.2, -0.15) is 0 Å². The van der Waals surface area contributed by atoms with Gasteiger partial charge in [0.05, 0.1) is 22.1 Å². The Balaban J connectivity index is 1.48. The van der Waals surface area contributed by atoms with Crippen LogP contribution < -0.4 is 10.7 Å². The van der Waals surface area contributed by atoms with Crippen LogP contribution in [0.2, 0.25) is 0 Å². The lowest BCUT2D eigenvalue weighted by molar-refractivity contribution is -0.152. The summed E-state index contributed by atoms with van der Waals surface area (Å²) in [6.07, 6.45) is 16.8. The summed E-state index contributed by atoms with van der Waals surface area (Å²) in [7, 11) is 0. The maximum Gasteiger partial charge on any atom is 0.310 e. The summed E-state index contributed by atoms with van der Waals surface area (Å²) < 4.78 is 2.07. The fraction of sp³-hybridized carbons (Fsp3) is 0.455. The van der Waals surface area contributed by atoms with Crippen LogP contribution in [0.15, 0.2) is 60.1 Å². The van der Waals surface area contributed by atoms with Gasteiger partial charge in [-0.05, 0) is 81.2 Å². The van der Waals surface area contributed by atoms with Crippen LogP contribution >= 0.6 is 0 Å². The van der Waals surface area contributed by atoms with Crippen molar-refractivity contribution in [1.29, 1.82) is 0 Å². The lowest BCUT2D eigenvalue weighted by Gasteiger charge is -2.38. The molecule has 7 nitrogen and oxygen atoms in total. The first kappa shape index (κ1) is 27.8. The largest absolute Gasteiger partial charge is 0.508 e. The van der Waals surface area contributed by atoms with Crippen molar-refractivity contribution in [3.8, 4) is 11.4 Å². The van der Waals surface area contributed by atoms with E-state index in [-0.39, 0.29) is 5.92 Å². The smallest absolute Gasteiger partial charge is 0.310 e. The van der Waals surface area contributed by atoms with E-state index in [1.165, 1.54) is 5.56 Å². The Hall–Kier alpha value is -3.74. The van der Waals surface area contributed by atoms with Gasteiger partial charge in [-0.15, -0.1) is 0 Å². The van der Waals surface area contributed by atoms with Gasteiger partial charge < -0.3 is 10.2 Å².